The van der Waals surface area contributed by atoms with Crippen LogP contribution in [0.1, 0.15) is 13.8 Å². The van der Waals surface area contributed by atoms with Gasteiger partial charge in [0.15, 0.2) is 5.79 Å². The first kappa shape index (κ1) is 11.4. The lowest BCUT2D eigenvalue weighted by Crippen LogP contribution is -2.25. The van der Waals surface area contributed by atoms with Crippen LogP contribution in [0, 0.1) is 5.82 Å². The van der Waals surface area contributed by atoms with E-state index in [1.807, 2.05) is 13.8 Å². The highest BCUT2D eigenvalue weighted by Crippen LogP contribution is 2.23. The van der Waals surface area contributed by atoms with Crippen LogP contribution in [-0.4, -0.2) is 25.1 Å². The van der Waals surface area contributed by atoms with E-state index in [1.54, 1.807) is 12.1 Å². The molecule has 0 spiro atoms. The van der Waals surface area contributed by atoms with Gasteiger partial charge in [0, 0.05) is 6.07 Å². The minimum Gasteiger partial charge on any atom is -0.491 e. The third-order valence-electron chi connectivity index (χ3n) is 2.30. The summed E-state index contributed by atoms with van der Waals surface area (Å²) in [6.45, 7) is 4.58. The molecule has 0 aliphatic carbocycles. The molecule has 1 saturated heterocycles. The molecule has 1 aliphatic heterocycles. The molecule has 0 amide bonds. The van der Waals surface area contributed by atoms with Crippen molar-refractivity contribution in [2.75, 3.05) is 13.2 Å². The number of halogens is 1. The molecule has 1 aromatic rings. The van der Waals surface area contributed by atoms with Gasteiger partial charge in [-0.3, -0.25) is 0 Å². The Labute approximate surface area is 94.1 Å². The van der Waals surface area contributed by atoms with Crippen LogP contribution in [0.3, 0.4) is 0 Å². The van der Waals surface area contributed by atoms with Crippen molar-refractivity contribution in [3.8, 4) is 5.75 Å². The quantitative estimate of drug-likeness (QED) is 0.791. The molecule has 0 bridgehead atoms. The number of rotatable bonds is 3. The van der Waals surface area contributed by atoms with E-state index < -0.39 is 5.79 Å². The average molecular weight is 226 g/mol. The Morgan fingerprint density at radius 2 is 2.31 bits per heavy atom. The maximum atomic E-state index is 12.9. The van der Waals surface area contributed by atoms with Crippen molar-refractivity contribution in [3.05, 3.63) is 30.1 Å². The van der Waals surface area contributed by atoms with E-state index in [0.717, 1.165) is 0 Å². The van der Waals surface area contributed by atoms with Crippen molar-refractivity contribution in [3.63, 3.8) is 0 Å². The van der Waals surface area contributed by atoms with Crippen LogP contribution < -0.4 is 4.74 Å². The van der Waals surface area contributed by atoms with Gasteiger partial charge < -0.3 is 14.2 Å². The topological polar surface area (TPSA) is 27.7 Å². The maximum absolute atomic E-state index is 12.9. The first-order chi connectivity index (χ1) is 7.55. The van der Waals surface area contributed by atoms with Gasteiger partial charge in [0.05, 0.1) is 6.61 Å². The Morgan fingerprint density at radius 1 is 1.50 bits per heavy atom. The molecule has 4 heteroatoms. The lowest BCUT2D eigenvalue weighted by Gasteiger charge is -2.17. The molecule has 1 atom stereocenters. The molecule has 3 nitrogen and oxygen atoms in total. The molecule has 0 aromatic heterocycles. The second-order valence-electron chi connectivity index (χ2n) is 4.22. The van der Waals surface area contributed by atoms with Gasteiger partial charge in [-0.2, -0.15) is 0 Å². The largest absolute Gasteiger partial charge is 0.491 e. The third kappa shape index (κ3) is 2.93. The summed E-state index contributed by atoms with van der Waals surface area (Å²) in [6.07, 6.45) is -0.0988. The molecular formula is C12H15FO3. The van der Waals surface area contributed by atoms with Crippen molar-refractivity contribution in [2.24, 2.45) is 0 Å². The fourth-order valence-electron chi connectivity index (χ4n) is 1.59. The lowest BCUT2D eigenvalue weighted by molar-refractivity contribution is -0.141. The van der Waals surface area contributed by atoms with Crippen LogP contribution in [-0.2, 0) is 9.47 Å². The van der Waals surface area contributed by atoms with Gasteiger partial charge in [0.25, 0.3) is 0 Å². The average Bonchev–Trinajstić information content (AvgIpc) is 2.56. The first-order valence-electron chi connectivity index (χ1n) is 5.25. The van der Waals surface area contributed by atoms with Crippen LogP contribution in [0.2, 0.25) is 0 Å². The molecule has 1 heterocycles. The van der Waals surface area contributed by atoms with Gasteiger partial charge in [0.2, 0.25) is 0 Å². The maximum Gasteiger partial charge on any atom is 0.163 e. The molecule has 16 heavy (non-hydrogen) atoms. The van der Waals surface area contributed by atoms with E-state index in [1.165, 1.54) is 12.1 Å². The molecule has 0 radical (unpaired) electrons. The van der Waals surface area contributed by atoms with E-state index in [4.69, 9.17) is 14.2 Å². The molecule has 1 fully saturated rings. The third-order valence-corrected chi connectivity index (χ3v) is 2.30. The van der Waals surface area contributed by atoms with Gasteiger partial charge in [-0.15, -0.1) is 0 Å². The summed E-state index contributed by atoms with van der Waals surface area (Å²) in [6, 6.07) is 6.05. The highest BCUT2D eigenvalue weighted by Gasteiger charge is 2.32. The van der Waals surface area contributed by atoms with Crippen molar-refractivity contribution in [2.45, 2.75) is 25.7 Å². The minimum atomic E-state index is -0.546. The summed E-state index contributed by atoms with van der Waals surface area (Å²) in [7, 11) is 0. The predicted molar refractivity (Wildman–Crippen MR) is 56.8 cm³/mol. The summed E-state index contributed by atoms with van der Waals surface area (Å²) in [4.78, 5) is 0. The van der Waals surface area contributed by atoms with Crippen LogP contribution >= 0.6 is 0 Å². The van der Waals surface area contributed by atoms with Crippen LogP contribution in [0.25, 0.3) is 0 Å². The van der Waals surface area contributed by atoms with Crippen LogP contribution in [0.4, 0.5) is 4.39 Å². The van der Waals surface area contributed by atoms with Crippen molar-refractivity contribution < 1.29 is 18.6 Å². The van der Waals surface area contributed by atoms with E-state index in [2.05, 4.69) is 0 Å². The van der Waals surface area contributed by atoms with Gasteiger partial charge >= 0.3 is 0 Å². The zero-order valence-corrected chi connectivity index (χ0v) is 9.40. The number of hydrogen-bond acceptors (Lipinski definition) is 3. The summed E-state index contributed by atoms with van der Waals surface area (Å²) in [5.74, 6) is -0.342. The van der Waals surface area contributed by atoms with Gasteiger partial charge in [-0.1, -0.05) is 6.07 Å². The fourth-order valence-corrected chi connectivity index (χ4v) is 1.59. The van der Waals surface area contributed by atoms with Crippen molar-refractivity contribution >= 4 is 0 Å². The highest BCUT2D eigenvalue weighted by atomic mass is 19.1. The Hall–Kier alpha value is -1.13. The Kier molecular flexibility index (Phi) is 3.12. The smallest absolute Gasteiger partial charge is 0.163 e. The molecule has 1 unspecified atom stereocenters. The first-order valence-corrected chi connectivity index (χ1v) is 5.25. The monoisotopic (exact) mass is 226 g/mol. The zero-order valence-electron chi connectivity index (χ0n) is 9.40. The Balaban J connectivity index is 1.84. The standard InChI is InChI=1S/C12H15FO3/c1-12(2)15-8-11(16-12)7-14-10-5-3-4-9(13)6-10/h3-6,11H,7-8H2,1-2H3. The molecule has 0 N–H and O–H groups in total. The summed E-state index contributed by atoms with van der Waals surface area (Å²) < 4.78 is 29.2. The number of benzene rings is 1. The highest BCUT2D eigenvalue weighted by molar-refractivity contribution is 5.22. The lowest BCUT2D eigenvalue weighted by atomic mass is 10.3. The summed E-state index contributed by atoms with van der Waals surface area (Å²) in [5, 5.41) is 0. The second kappa shape index (κ2) is 4.39. The number of ether oxygens (including phenoxy) is 3. The van der Waals surface area contributed by atoms with E-state index in [0.29, 0.717) is 19.0 Å². The normalized spacial score (nSPS) is 23.3. The van der Waals surface area contributed by atoms with Gasteiger partial charge in [0.1, 0.15) is 24.3 Å². The van der Waals surface area contributed by atoms with Crippen LogP contribution in [0.5, 0.6) is 5.75 Å². The van der Waals surface area contributed by atoms with E-state index in [9.17, 15) is 4.39 Å². The van der Waals surface area contributed by atoms with Crippen LogP contribution in [0.15, 0.2) is 24.3 Å². The van der Waals surface area contributed by atoms with Crippen molar-refractivity contribution in [1.82, 2.24) is 0 Å². The summed E-state index contributed by atoms with van der Waals surface area (Å²) >= 11 is 0. The van der Waals surface area contributed by atoms with E-state index in [-0.39, 0.29) is 11.9 Å². The minimum absolute atomic E-state index is 0.0988. The van der Waals surface area contributed by atoms with Crippen molar-refractivity contribution in [1.29, 1.82) is 0 Å². The SMILES string of the molecule is CC1(C)OCC(COc2cccc(F)c2)O1. The summed E-state index contributed by atoms with van der Waals surface area (Å²) in [5.41, 5.74) is 0. The zero-order chi connectivity index (χ0) is 11.6. The Morgan fingerprint density at radius 3 is 2.94 bits per heavy atom. The molecule has 1 aliphatic rings. The molecule has 1 aromatic carbocycles. The fraction of sp³-hybridized carbons (Fsp3) is 0.500. The molecule has 88 valence electrons. The molecular weight excluding hydrogens is 211 g/mol. The number of hydrogen-bond donors (Lipinski definition) is 0. The second-order valence-corrected chi connectivity index (χ2v) is 4.22. The molecule has 0 saturated carbocycles. The molecule has 2 rings (SSSR count). The van der Waals surface area contributed by atoms with E-state index >= 15 is 0 Å². The Bertz CT molecular complexity index is 365. The van der Waals surface area contributed by atoms with Gasteiger partial charge in [-0.05, 0) is 26.0 Å². The van der Waals surface area contributed by atoms with Gasteiger partial charge in [-0.25, -0.2) is 4.39 Å². The predicted octanol–water partition coefficient (Wildman–Crippen LogP) is 2.36.